The summed E-state index contributed by atoms with van der Waals surface area (Å²) in [6.45, 7) is 0. The van der Waals surface area contributed by atoms with Crippen molar-refractivity contribution in [3.05, 3.63) is 41.3 Å². The van der Waals surface area contributed by atoms with Crippen LogP contribution in [0.25, 0.3) is 5.41 Å². The maximum Gasteiger partial charge on any atom is 1.00 e. The summed E-state index contributed by atoms with van der Waals surface area (Å²) in [6.07, 6.45) is 0. The Morgan fingerprint density at radius 3 is 2.27 bits per heavy atom. The second kappa shape index (κ2) is 5.09. The molecule has 48 valence electrons. The summed E-state index contributed by atoms with van der Waals surface area (Å²) in [4.78, 5) is 0. The quantitative estimate of drug-likeness (QED) is 0.359. The summed E-state index contributed by atoms with van der Waals surface area (Å²) in [7, 11) is 0. The van der Waals surface area contributed by atoms with E-state index in [4.69, 9.17) is 10.7 Å². The zero-order valence-electron chi connectivity index (χ0n) is 6.28. The first-order valence-electron chi connectivity index (χ1n) is 2.86. The fourth-order valence-electron chi connectivity index (χ4n) is 0.661. The molecule has 0 N–H and O–H groups in total. The minimum Gasteiger partial charge on any atom is -0.794 e. The summed E-state index contributed by atoms with van der Waals surface area (Å²) < 4.78 is 0. The maximum absolute atomic E-state index is 8.88. The van der Waals surface area contributed by atoms with Crippen molar-refractivity contribution in [3.8, 4) is 6.07 Å². The standard InChI is InChI=1S/C8H5N2.Na/c9-6-8(10)7-4-2-1-3-5-7;/h1-5H;/q-1;+1. The van der Waals surface area contributed by atoms with Gasteiger partial charge in [-0.15, -0.1) is 0 Å². The number of nitrogens with zero attached hydrogens (tertiary/aromatic N) is 2. The minimum absolute atomic E-state index is 0. The smallest absolute Gasteiger partial charge is 0.794 e. The van der Waals surface area contributed by atoms with E-state index in [2.05, 4.69) is 0 Å². The summed E-state index contributed by atoms with van der Waals surface area (Å²) in [5.41, 5.74) is 0.325. The molecule has 0 heterocycles. The molecule has 0 aliphatic rings. The van der Waals surface area contributed by atoms with Crippen molar-refractivity contribution in [1.82, 2.24) is 0 Å². The molecule has 0 aromatic heterocycles. The van der Waals surface area contributed by atoms with Crippen LogP contribution >= 0.6 is 0 Å². The van der Waals surface area contributed by atoms with E-state index in [0.717, 1.165) is 0 Å². The molecule has 0 atom stereocenters. The van der Waals surface area contributed by atoms with Crippen LogP contribution in [0.5, 0.6) is 0 Å². The first-order valence-corrected chi connectivity index (χ1v) is 2.86. The van der Waals surface area contributed by atoms with E-state index in [0.29, 0.717) is 5.56 Å². The third-order valence-electron chi connectivity index (χ3n) is 1.15. The topological polar surface area (TPSA) is 46.1 Å². The van der Waals surface area contributed by atoms with Crippen LogP contribution in [0.4, 0.5) is 0 Å². The summed E-state index contributed by atoms with van der Waals surface area (Å²) in [6, 6.07) is 10.4. The molecule has 3 heteroatoms. The first kappa shape index (κ1) is 10.4. The minimum atomic E-state index is -0.236. The monoisotopic (exact) mass is 152 g/mol. The summed E-state index contributed by atoms with van der Waals surface area (Å²) >= 11 is 0. The molecular weight excluding hydrogens is 147 g/mol. The van der Waals surface area contributed by atoms with Gasteiger partial charge in [-0.25, -0.2) is 0 Å². The predicted octanol–water partition coefficient (Wildman–Crippen LogP) is -1.43. The van der Waals surface area contributed by atoms with Crippen molar-refractivity contribution < 1.29 is 29.6 Å². The van der Waals surface area contributed by atoms with Crippen molar-refractivity contribution in [2.45, 2.75) is 0 Å². The SMILES string of the molecule is N#CC(=[N-])c1ccccc1.[Na+]. The normalized spacial score (nSPS) is 7.55. The van der Waals surface area contributed by atoms with E-state index < -0.39 is 0 Å². The number of hydrogen-bond donors (Lipinski definition) is 0. The fourth-order valence-corrected chi connectivity index (χ4v) is 0.661. The van der Waals surface area contributed by atoms with Crippen LogP contribution in [0.3, 0.4) is 0 Å². The van der Waals surface area contributed by atoms with Gasteiger partial charge >= 0.3 is 29.6 Å². The third kappa shape index (κ3) is 2.85. The van der Waals surface area contributed by atoms with Gasteiger partial charge in [-0.1, -0.05) is 36.0 Å². The fraction of sp³-hybridized carbons (Fsp3) is 0. The average Bonchev–Trinajstić information content (AvgIpc) is 2.05. The maximum atomic E-state index is 8.88. The molecule has 0 spiro atoms. The van der Waals surface area contributed by atoms with Crippen LogP contribution in [0, 0.1) is 11.3 Å². The first-order chi connectivity index (χ1) is 4.84. The second-order valence-corrected chi connectivity index (χ2v) is 1.83. The van der Waals surface area contributed by atoms with Crippen molar-refractivity contribution in [2.24, 2.45) is 0 Å². The zero-order valence-corrected chi connectivity index (χ0v) is 8.28. The van der Waals surface area contributed by atoms with Crippen molar-refractivity contribution in [2.75, 3.05) is 0 Å². The van der Waals surface area contributed by atoms with E-state index in [1.54, 1.807) is 30.3 Å². The molecule has 0 radical (unpaired) electrons. The van der Waals surface area contributed by atoms with Gasteiger partial charge in [0.1, 0.15) is 0 Å². The van der Waals surface area contributed by atoms with Gasteiger partial charge in [0.2, 0.25) is 0 Å². The van der Waals surface area contributed by atoms with E-state index >= 15 is 0 Å². The molecule has 0 saturated carbocycles. The van der Waals surface area contributed by atoms with E-state index in [1.165, 1.54) is 0 Å². The van der Waals surface area contributed by atoms with Crippen LogP contribution in [0.2, 0.25) is 0 Å². The van der Waals surface area contributed by atoms with Gasteiger partial charge in [0.05, 0.1) is 6.07 Å². The van der Waals surface area contributed by atoms with Gasteiger partial charge in [-0.05, 0) is 5.56 Å². The van der Waals surface area contributed by atoms with Crippen LogP contribution in [0.1, 0.15) is 5.56 Å². The van der Waals surface area contributed by atoms with Crippen LogP contribution < -0.4 is 29.6 Å². The summed E-state index contributed by atoms with van der Waals surface area (Å²) in [5, 5.41) is 17.1. The van der Waals surface area contributed by atoms with Gasteiger partial charge in [-0.2, -0.15) is 5.26 Å². The molecule has 0 aliphatic heterocycles. The molecule has 0 saturated heterocycles. The third-order valence-corrected chi connectivity index (χ3v) is 1.15. The molecule has 2 nitrogen and oxygen atoms in total. The zero-order chi connectivity index (χ0) is 7.40. The Hall–Kier alpha value is -0.620. The van der Waals surface area contributed by atoms with Crippen LogP contribution in [-0.4, -0.2) is 5.71 Å². The van der Waals surface area contributed by atoms with Gasteiger partial charge in [0.25, 0.3) is 0 Å². The molecule has 1 aromatic rings. The molecule has 11 heavy (non-hydrogen) atoms. The van der Waals surface area contributed by atoms with E-state index in [1.807, 2.05) is 6.07 Å². The number of rotatable bonds is 1. The number of nitriles is 1. The molecular formula is C8H5N2Na. The number of hydrogen-bond acceptors (Lipinski definition) is 1. The largest absolute Gasteiger partial charge is 1.00 e. The molecule has 0 amide bonds. The average molecular weight is 152 g/mol. The molecule has 0 fully saturated rings. The van der Waals surface area contributed by atoms with Gasteiger partial charge in [0, 0.05) is 0 Å². The van der Waals surface area contributed by atoms with Crippen molar-refractivity contribution in [1.29, 1.82) is 5.26 Å². The Morgan fingerprint density at radius 2 is 1.82 bits per heavy atom. The molecule has 0 unspecified atom stereocenters. The molecule has 0 aliphatic carbocycles. The van der Waals surface area contributed by atoms with Gasteiger partial charge < -0.3 is 5.41 Å². The Labute approximate surface area is 87.7 Å². The molecule has 1 rings (SSSR count). The Balaban J connectivity index is 0.000001000. The second-order valence-electron chi connectivity index (χ2n) is 1.83. The van der Waals surface area contributed by atoms with E-state index in [9.17, 15) is 0 Å². The van der Waals surface area contributed by atoms with Gasteiger partial charge in [0.15, 0.2) is 0 Å². The molecule has 1 aromatic carbocycles. The number of benzene rings is 1. The Bertz CT molecular complexity index is 274. The van der Waals surface area contributed by atoms with Crippen LogP contribution in [-0.2, 0) is 0 Å². The van der Waals surface area contributed by atoms with Crippen LogP contribution in [0.15, 0.2) is 30.3 Å². The predicted molar refractivity (Wildman–Crippen MR) is 39.5 cm³/mol. The Morgan fingerprint density at radius 1 is 1.27 bits per heavy atom. The van der Waals surface area contributed by atoms with Crippen molar-refractivity contribution in [3.63, 3.8) is 0 Å². The van der Waals surface area contributed by atoms with Gasteiger partial charge in [-0.3, -0.25) is 0 Å². The Kier molecular flexibility index (Phi) is 4.80. The van der Waals surface area contributed by atoms with E-state index in [-0.39, 0.29) is 35.3 Å². The molecule has 0 bridgehead atoms. The summed E-state index contributed by atoms with van der Waals surface area (Å²) in [5.74, 6) is 0. The van der Waals surface area contributed by atoms with Crippen molar-refractivity contribution >= 4 is 5.71 Å².